The van der Waals surface area contributed by atoms with Gasteiger partial charge in [0.1, 0.15) is 17.5 Å². The third kappa shape index (κ3) is 4.20. The Kier molecular flexibility index (Phi) is 5.55. The lowest BCUT2D eigenvalue weighted by atomic mass is 9.73. The van der Waals surface area contributed by atoms with Crippen LogP contribution in [-0.2, 0) is 0 Å². The van der Waals surface area contributed by atoms with Crippen molar-refractivity contribution in [3.8, 4) is 0 Å². The molecule has 0 unspecified atom stereocenters. The van der Waals surface area contributed by atoms with E-state index >= 15 is 0 Å². The minimum atomic E-state index is -0.275. The maximum atomic E-state index is 13.8. The minimum Gasteiger partial charge on any atom is -0.324 e. The minimum absolute atomic E-state index is 0.218. The summed E-state index contributed by atoms with van der Waals surface area (Å²) in [5.41, 5.74) is 2.80. The van der Waals surface area contributed by atoms with Crippen LogP contribution in [-0.4, -0.2) is 20.2 Å². The highest BCUT2D eigenvalue weighted by atomic mass is 19.1. The molecule has 1 aliphatic rings. The number of halogens is 2. The molecule has 2 heterocycles. The molecule has 2 aromatic carbocycles. The maximum Gasteiger partial charge on any atom is 0.226 e. The van der Waals surface area contributed by atoms with Gasteiger partial charge in [-0.2, -0.15) is 0 Å². The molecule has 0 spiro atoms. The molecule has 7 heteroatoms. The van der Waals surface area contributed by atoms with E-state index in [0.29, 0.717) is 17.8 Å². The van der Waals surface area contributed by atoms with E-state index < -0.39 is 0 Å². The molecule has 5 rings (SSSR count). The predicted octanol–water partition coefficient (Wildman–Crippen LogP) is 6.45. The lowest BCUT2D eigenvalue weighted by Gasteiger charge is -2.32. The predicted molar refractivity (Wildman–Crippen MR) is 121 cm³/mol. The Balaban J connectivity index is 1.24. The summed E-state index contributed by atoms with van der Waals surface area (Å²) in [6.45, 7) is 2.18. The van der Waals surface area contributed by atoms with Crippen LogP contribution in [0.25, 0.3) is 10.9 Å². The van der Waals surface area contributed by atoms with E-state index in [4.69, 9.17) is 0 Å². The second kappa shape index (κ2) is 8.65. The van der Waals surface area contributed by atoms with Crippen LogP contribution < -0.4 is 5.32 Å². The Bertz CT molecular complexity index is 1210. The van der Waals surface area contributed by atoms with Gasteiger partial charge in [0.05, 0.1) is 5.52 Å². The largest absolute Gasteiger partial charge is 0.324 e. The van der Waals surface area contributed by atoms with Gasteiger partial charge in [-0.3, -0.25) is 4.98 Å². The number of hydrogen-bond donors (Lipinski definition) is 2. The molecule has 1 fully saturated rings. The number of H-pyrrole nitrogens is 1. The van der Waals surface area contributed by atoms with Crippen molar-refractivity contribution in [1.82, 2.24) is 20.2 Å². The SMILES string of the molecule is C[C@@H](c1nnc(Nc2ccc(F)cc2)[nH]1)[C@H]1CC[C@@H](c2ccnc3ccc(F)cc32)CC1. The van der Waals surface area contributed by atoms with Gasteiger partial charge < -0.3 is 10.3 Å². The lowest BCUT2D eigenvalue weighted by molar-refractivity contribution is 0.286. The molecule has 2 N–H and O–H groups in total. The molecule has 32 heavy (non-hydrogen) atoms. The van der Waals surface area contributed by atoms with E-state index in [9.17, 15) is 8.78 Å². The molecule has 164 valence electrons. The van der Waals surface area contributed by atoms with Gasteiger partial charge in [-0.1, -0.05) is 6.92 Å². The summed E-state index contributed by atoms with van der Waals surface area (Å²) in [4.78, 5) is 7.66. The van der Waals surface area contributed by atoms with Gasteiger partial charge in [0.2, 0.25) is 5.95 Å². The van der Waals surface area contributed by atoms with E-state index in [1.807, 2.05) is 12.3 Å². The fraction of sp³-hybridized carbons (Fsp3) is 0.320. The number of pyridine rings is 1. The first kappa shape index (κ1) is 20.5. The third-order valence-electron chi connectivity index (χ3n) is 6.70. The molecule has 0 bridgehead atoms. The second-order valence-electron chi connectivity index (χ2n) is 8.65. The molecule has 0 radical (unpaired) electrons. The van der Waals surface area contributed by atoms with E-state index in [0.717, 1.165) is 48.1 Å². The third-order valence-corrected chi connectivity index (χ3v) is 6.70. The number of hydrogen-bond acceptors (Lipinski definition) is 4. The average Bonchev–Trinajstić information content (AvgIpc) is 3.28. The Hall–Kier alpha value is -3.35. The van der Waals surface area contributed by atoms with E-state index in [2.05, 4.69) is 32.4 Å². The Morgan fingerprint density at radius 1 is 0.938 bits per heavy atom. The number of aromatic nitrogens is 4. The molecule has 0 saturated heterocycles. The summed E-state index contributed by atoms with van der Waals surface area (Å²) in [7, 11) is 0. The first-order valence-corrected chi connectivity index (χ1v) is 11.1. The normalized spacial score (nSPS) is 19.7. The smallest absolute Gasteiger partial charge is 0.226 e. The van der Waals surface area contributed by atoms with Crippen molar-refractivity contribution in [2.75, 3.05) is 5.32 Å². The van der Waals surface area contributed by atoms with Crippen LogP contribution in [0.1, 0.15) is 55.8 Å². The topological polar surface area (TPSA) is 66.5 Å². The monoisotopic (exact) mass is 433 g/mol. The number of benzene rings is 2. The standard InChI is InChI=1S/C25H25F2N5/c1-15(24-30-25(32-31-24)29-20-9-6-18(26)7-10-20)16-2-4-17(5-3-16)21-12-13-28-23-11-8-19(27)14-22(21)23/h6-17H,2-5H2,1H3,(H2,29,30,31,32)/t15-,16-,17+/m1/s1. The summed E-state index contributed by atoms with van der Waals surface area (Å²) in [6, 6.07) is 13.0. The van der Waals surface area contributed by atoms with Gasteiger partial charge in [0, 0.05) is 23.2 Å². The number of anilines is 2. The van der Waals surface area contributed by atoms with Crippen molar-refractivity contribution >= 4 is 22.5 Å². The van der Waals surface area contributed by atoms with Gasteiger partial charge in [0.15, 0.2) is 0 Å². The highest BCUT2D eigenvalue weighted by molar-refractivity contribution is 5.82. The first-order chi connectivity index (χ1) is 15.6. The Morgan fingerprint density at radius 3 is 2.47 bits per heavy atom. The van der Waals surface area contributed by atoms with Crippen LogP contribution in [0.3, 0.4) is 0 Å². The highest BCUT2D eigenvalue weighted by Crippen LogP contribution is 2.42. The average molecular weight is 434 g/mol. The van der Waals surface area contributed by atoms with Crippen molar-refractivity contribution in [1.29, 1.82) is 0 Å². The van der Waals surface area contributed by atoms with Crippen LogP contribution in [0.5, 0.6) is 0 Å². The first-order valence-electron chi connectivity index (χ1n) is 11.1. The van der Waals surface area contributed by atoms with Gasteiger partial charge in [-0.15, -0.1) is 10.2 Å². The number of rotatable bonds is 5. The molecule has 4 aromatic rings. The molecule has 2 aromatic heterocycles. The van der Waals surface area contributed by atoms with E-state index in [-0.39, 0.29) is 17.6 Å². The zero-order chi connectivity index (χ0) is 22.1. The van der Waals surface area contributed by atoms with Crippen LogP contribution >= 0.6 is 0 Å². The quantitative estimate of drug-likeness (QED) is 0.379. The van der Waals surface area contributed by atoms with Crippen molar-refractivity contribution < 1.29 is 8.78 Å². The molecule has 0 aliphatic heterocycles. The lowest BCUT2D eigenvalue weighted by Crippen LogP contribution is -2.19. The summed E-state index contributed by atoms with van der Waals surface area (Å²) in [5.74, 6) is 2.08. The van der Waals surface area contributed by atoms with Crippen LogP contribution in [0.2, 0.25) is 0 Å². The van der Waals surface area contributed by atoms with Gasteiger partial charge in [0.25, 0.3) is 0 Å². The molecular weight excluding hydrogens is 408 g/mol. The van der Waals surface area contributed by atoms with Crippen LogP contribution in [0.4, 0.5) is 20.4 Å². The Morgan fingerprint density at radius 2 is 1.69 bits per heavy atom. The molecule has 1 aliphatic carbocycles. The summed E-state index contributed by atoms with van der Waals surface area (Å²) in [6.07, 6.45) is 6.09. The fourth-order valence-electron chi connectivity index (χ4n) is 4.86. The van der Waals surface area contributed by atoms with Gasteiger partial charge >= 0.3 is 0 Å². The number of nitrogens with zero attached hydrogens (tertiary/aromatic N) is 3. The van der Waals surface area contributed by atoms with Crippen LogP contribution in [0, 0.1) is 17.6 Å². The molecular formula is C25H25F2N5. The second-order valence-corrected chi connectivity index (χ2v) is 8.65. The summed E-state index contributed by atoms with van der Waals surface area (Å²) < 4.78 is 26.9. The van der Waals surface area contributed by atoms with E-state index in [1.54, 1.807) is 24.3 Å². The molecule has 5 nitrogen and oxygen atoms in total. The Labute approximate surface area is 185 Å². The van der Waals surface area contributed by atoms with Crippen molar-refractivity contribution in [3.05, 3.63) is 77.8 Å². The number of nitrogens with one attached hydrogen (secondary N) is 2. The van der Waals surface area contributed by atoms with Crippen molar-refractivity contribution in [2.24, 2.45) is 5.92 Å². The molecule has 1 atom stereocenters. The zero-order valence-corrected chi connectivity index (χ0v) is 17.9. The molecule has 1 saturated carbocycles. The number of aromatic amines is 1. The summed E-state index contributed by atoms with van der Waals surface area (Å²) >= 11 is 0. The zero-order valence-electron chi connectivity index (χ0n) is 17.9. The van der Waals surface area contributed by atoms with Gasteiger partial charge in [-0.05, 0) is 91.6 Å². The van der Waals surface area contributed by atoms with Crippen molar-refractivity contribution in [3.63, 3.8) is 0 Å². The maximum absolute atomic E-state index is 13.8. The molecule has 0 amide bonds. The van der Waals surface area contributed by atoms with Crippen LogP contribution in [0.15, 0.2) is 54.7 Å². The van der Waals surface area contributed by atoms with Crippen molar-refractivity contribution in [2.45, 2.75) is 44.4 Å². The number of fused-ring (bicyclic) bond motifs is 1. The van der Waals surface area contributed by atoms with E-state index in [1.165, 1.54) is 23.8 Å². The van der Waals surface area contributed by atoms with Gasteiger partial charge in [-0.25, -0.2) is 8.78 Å². The highest BCUT2D eigenvalue weighted by Gasteiger charge is 2.29. The fourth-order valence-corrected chi connectivity index (χ4v) is 4.86. The summed E-state index contributed by atoms with van der Waals surface area (Å²) in [5, 5.41) is 12.6.